The van der Waals surface area contributed by atoms with Gasteiger partial charge in [0.2, 0.25) is 0 Å². The minimum atomic E-state index is -0.627. The van der Waals surface area contributed by atoms with E-state index in [1.807, 2.05) is 0 Å². The first-order valence-electron chi connectivity index (χ1n) is 7.85. The highest BCUT2D eigenvalue weighted by molar-refractivity contribution is 5.92. The predicted molar refractivity (Wildman–Crippen MR) is 84.9 cm³/mol. The molecule has 0 aliphatic carbocycles. The number of hydrogen-bond acceptors (Lipinski definition) is 4. The highest BCUT2D eigenvalue weighted by Gasteiger charge is 2.36. The lowest BCUT2D eigenvalue weighted by molar-refractivity contribution is 0.0708. The number of methoxy groups -OCH3 is 1. The van der Waals surface area contributed by atoms with Gasteiger partial charge in [-0.3, -0.25) is 9.48 Å². The summed E-state index contributed by atoms with van der Waals surface area (Å²) in [7, 11) is 1.60. The number of benzene rings is 1. The van der Waals surface area contributed by atoms with E-state index in [4.69, 9.17) is 4.74 Å². The number of nitrogens with zero attached hydrogens (tertiary/aromatic N) is 3. The van der Waals surface area contributed by atoms with E-state index in [1.165, 1.54) is 12.1 Å². The number of aromatic nitrogens is 2. The summed E-state index contributed by atoms with van der Waals surface area (Å²) >= 11 is 0. The van der Waals surface area contributed by atoms with Gasteiger partial charge in [-0.25, -0.2) is 4.39 Å². The van der Waals surface area contributed by atoms with Gasteiger partial charge in [-0.15, -0.1) is 0 Å². The van der Waals surface area contributed by atoms with Gasteiger partial charge in [0.05, 0.1) is 25.3 Å². The Kier molecular flexibility index (Phi) is 4.92. The number of halogens is 1. The van der Waals surface area contributed by atoms with Gasteiger partial charge < -0.3 is 14.7 Å². The molecule has 1 saturated heterocycles. The number of rotatable bonds is 5. The van der Waals surface area contributed by atoms with Gasteiger partial charge in [0.25, 0.3) is 5.91 Å². The quantitative estimate of drug-likeness (QED) is 0.903. The van der Waals surface area contributed by atoms with Crippen molar-refractivity contribution in [3.05, 3.63) is 53.6 Å². The van der Waals surface area contributed by atoms with E-state index in [-0.39, 0.29) is 24.3 Å². The Morgan fingerprint density at radius 2 is 2.29 bits per heavy atom. The summed E-state index contributed by atoms with van der Waals surface area (Å²) in [4.78, 5) is 14.3. The Labute approximate surface area is 139 Å². The molecule has 0 bridgehead atoms. The van der Waals surface area contributed by atoms with Gasteiger partial charge in [-0.2, -0.15) is 5.10 Å². The lowest BCUT2D eigenvalue weighted by atomic mass is 10.0. The number of ether oxygens (including phenoxy) is 1. The van der Waals surface area contributed by atoms with Crippen molar-refractivity contribution in [3.8, 4) is 0 Å². The first kappa shape index (κ1) is 16.6. The fraction of sp³-hybridized carbons (Fsp3) is 0.412. The van der Waals surface area contributed by atoms with Crippen LogP contribution in [0.4, 0.5) is 4.39 Å². The van der Waals surface area contributed by atoms with E-state index in [0.717, 1.165) is 0 Å². The van der Waals surface area contributed by atoms with Crippen molar-refractivity contribution in [2.45, 2.75) is 25.1 Å². The maximum Gasteiger partial charge on any atom is 0.274 e. The van der Waals surface area contributed by atoms with Crippen LogP contribution in [0.15, 0.2) is 36.5 Å². The highest BCUT2D eigenvalue weighted by Crippen LogP contribution is 2.33. The molecule has 1 amide bonds. The van der Waals surface area contributed by atoms with Crippen LogP contribution < -0.4 is 0 Å². The minimum absolute atomic E-state index is 0.213. The van der Waals surface area contributed by atoms with Crippen molar-refractivity contribution in [1.82, 2.24) is 14.7 Å². The minimum Gasteiger partial charge on any atom is -0.391 e. The number of hydrogen-bond donors (Lipinski definition) is 1. The van der Waals surface area contributed by atoms with Gasteiger partial charge in [0.1, 0.15) is 11.5 Å². The predicted octanol–water partition coefficient (Wildman–Crippen LogP) is 1.62. The van der Waals surface area contributed by atoms with Crippen molar-refractivity contribution < 1.29 is 19.0 Å². The highest BCUT2D eigenvalue weighted by atomic mass is 19.1. The molecule has 1 aliphatic rings. The summed E-state index contributed by atoms with van der Waals surface area (Å²) in [5, 5.41) is 14.2. The van der Waals surface area contributed by atoms with Crippen LogP contribution in [0, 0.1) is 5.82 Å². The Balaban J connectivity index is 1.80. The number of carbonyl (C=O) groups is 1. The zero-order valence-corrected chi connectivity index (χ0v) is 13.4. The maximum atomic E-state index is 13.5. The third-order valence-electron chi connectivity index (χ3n) is 4.16. The molecule has 1 fully saturated rings. The fourth-order valence-corrected chi connectivity index (χ4v) is 3.00. The summed E-state index contributed by atoms with van der Waals surface area (Å²) in [6, 6.07) is 7.43. The lowest BCUT2D eigenvalue weighted by Gasteiger charge is -2.24. The molecule has 6 nitrogen and oxygen atoms in total. The molecule has 0 spiro atoms. The molecule has 7 heteroatoms. The topological polar surface area (TPSA) is 67.6 Å². The molecular weight excluding hydrogens is 313 g/mol. The monoisotopic (exact) mass is 333 g/mol. The molecule has 1 aromatic carbocycles. The Bertz CT molecular complexity index is 719. The van der Waals surface area contributed by atoms with Crippen molar-refractivity contribution in [2.75, 3.05) is 20.3 Å². The average molecular weight is 333 g/mol. The molecular formula is C17H20FN3O3. The first-order valence-corrected chi connectivity index (χ1v) is 7.85. The standard InChI is InChI=1S/C17H20FN3O3/c1-24-8-7-20-6-5-15(19-20)17(23)21-11-14(22)10-16(21)12-3-2-4-13(18)9-12/h2-6,9,14,16,22H,7-8,10-11H2,1H3. The molecule has 2 heterocycles. The van der Waals surface area contributed by atoms with Crippen molar-refractivity contribution in [1.29, 1.82) is 0 Å². The Morgan fingerprint density at radius 3 is 3.04 bits per heavy atom. The Hall–Kier alpha value is -2.25. The van der Waals surface area contributed by atoms with Crippen LogP contribution in [0.2, 0.25) is 0 Å². The Morgan fingerprint density at radius 1 is 1.46 bits per heavy atom. The second-order valence-electron chi connectivity index (χ2n) is 5.87. The molecule has 2 atom stereocenters. The van der Waals surface area contributed by atoms with E-state index in [0.29, 0.717) is 30.8 Å². The molecule has 3 rings (SSSR count). The van der Waals surface area contributed by atoms with Gasteiger partial charge in [-0.05, 0) is 30.2 Å². The number of aliphatic hydroxyl groups is 1. The van der Waals surface area contributed by atoms with Crippen LogP contribution in [0.5, 0.6) is 0 Å². The summed E-state index contributed by atoms with van der Waals surface area (Å²) in [6.07, 6.45) is 1.48. The smallest absolute Gasteiger partial charge is 0.274 e. The fourth-order valence-electron chi connectivity index (χ4n) is 3.00. The second kappa shape index (κ2) is 7.11. The third-order valence-corrected chi connectivity index (χ3v) is 4.16. The molecule has 0 saturated carbocycles. The number of β-amino-alcohol motifs (C(OH)–C–C–N with tert-alkyl or cyclic N) is 1. The molecule has 2 unspecified atom stereocenters. The summed E-state index contributed by atoms with van der Waals surface area (Å²) < 4.78 is 20.1. The second-order valence-corrected chi connectivity index (χ2v) is 5.87. The summed E-state index contributed by atoms with van der Waals surface area (Å²) in [5.41, 5.74) is 0.986. The van der Waals surface area contributed by atoms with Crippen LogP contribution in [0.1, 0.15) is 28.5 Å². The van der Waals surface area contributed by atoms with Crippen LogP contribution in [-0.4, -0.2) is 52.1 Å². The van der Waals surface area contributed by atoms with Crippen LogP contribution >= 0.6 is 0 Å². The molecule has 128 valence electrons. The number of carbonyl (C=O) groups excluding carboxylic acids is 1. The number of amides is 1. The van der Waals surface area contributed by atoms with Crippen molar-refractivity contribution in [3.63, 3.8) is 0 Å². The van der Waals surface area contributed by atoms with Crippen LogP contribution in [-0.2, 0) is 11.3 Å². The van der Waals surface area contributed by atoms with Gasteiger partial charge in [-0.1, -0.05) is 12.1 Å². The zero-order valence-electron chi connectivity index (χ0n) is 13.4. The SMILES string of the molecule is COCCn1ccc(C(=O)N2CC(O)CC2c2cccc(F)c2)n1. The zero-order chi connectivity index (χ0) is 17.1. The van der Waals surface area contributed by atoms with Crippen molar-refractivity contribution in [2.24, 2.45) is 0 Å². The summed E-state index contributed by atoms with van der Waals surface area (Å²) in [6.45, 7) is 1.27. The van der Waals surface area contributed by atoms with E-state index in [2.05, 4.69) is 5.10 Å². The van der Waals surface area contributed by atoms with Gasteiger partial charge in [0, 0.05) is 19.9 Å². The van der Waals surface area contributed by atoms with E-state index >= 15 is 0 Å². The largest absolute Gasteiger partial charge is 0.391 e. The third kappa shape index (κ3) is 3.47. The first-order chi connectivity index (χ1) is 11.6. The average Bonchev–Trinajstić information content (AvgIpc) is 3.19. The molecule has 2 aromatic rings. The van der Waals surface area contributed by atoms with E-state index in [1.54, 1.807) is 41.1 Å². The molecule has 0 radical (unpaired) electrons. The van der Waals surface area contributed by atoms with E-state index in [9.17, 15) is 14.3 Å². The van der Waals surface area contributed by atoms with Gasteiger partial charge >= 0.3 is 0 Å². The molecule has 1 aliphatic heterocycles. The molecule has 1 aromatic heterocycles. The normalized spacial score (nSPS) is 20.5. The maximum absolute atomic E-state index is 13.5. The van der Waals surface area contributed by atoms with Gasteiger partial charge in [0.15, 0.2) is 0 Å². The number of aliphatic hydroxyl groups excluding tert-OH is 1. The van der Waals surface area contributed by atoms with E-state index < -0.39 is 6.10 Å². The molecule has 1 N–H and O–H groups in total. The van der Waals surface area contributed by atoms with Crippen molar-refractivity contribution >= 4 is 5.91 Å². The number of likely N-dealkylation sites (tertiary alicyclic amines) is 1. The molecule has 24 heavy (non-hydrogen) atoms. The lowest BCUT2D eigenvalue weighted by Crippen LogP contribution is -2.32. The van der Waals surface area contributed by atoms with Crippen LogP contribution in [0.25, 0.3) is 0 Å². The summed E-state index contributed by atoms with van der Waals surface area (Å²) in [5.74, 6) is -0.623. The van der Waals surface area contributed by atoms with Crippen LogP contribution in [0.3, 0.4) is 0 Å².